The standard InChI is InChI=1S/C17H32.C9H13NO4/c1-2-3-8-13-17(14-9-5-10-15-17)16-11-6-4-7-12-16;1-2-3-7-13-5-9(4-10,6-14-7)8(11)12/h16H,2-15H2,1H3;7H,2-3,5-6H2,1H3,(H,11,12)/t;7-,9+. The van der Waals surface area contributed by atoms with Crippen LogP contribution in [0.1, 0.15) is 117 Å². The molecule has 3 fully saturated rings. The van der Waals surface area contributed by atoms with E-state index in [1.807, 2.05) is 6.92 Å². The first kappa shape index (κ1) is 26.1. The van der Waals surface area contributed by atoms with E-state index in [1.54, 1.807) is 38.2 Å². The monoisotopic (exact) mass is 435 g/mol. The number of carboxylic acid groups (broad SMARTS) is 1. The van der Waals surface area contributed by atoms with Crippen LogP contribution in [-0.2, 0) is 14.3 Å². The maximum absolute atomic E-state index is 10.8. The van der Waals surface area contributed by atoms with Crippen LogP contribution in [0.25, 0.3) is 0 Å². The number of ether oxygens (including phenoxy) is 2. The molecule has 0 aromatic rings. The number of hydrogen-bond donors (Lipinski definition) is 1. The summed E-state index contributed by atoms with van der Waals surface area (Å²) in [6.45, 7) is 4.14. The van der Waals surface area contributed by atoms with Crippen molar-refractivity contribution in [2.24, 2.45) is 16.7 Å². The molecule has 0 spiro atoms. The molecule has 2 saturated carbocycles. The van der Waals surface area contributed by atoms with Crippen LogP contribution in [0.2, 0.25) is 0 Å². The molecule has 1 N–H and O–H groups in total. The molecule has 1 heterocycles. The fourth-order valence-corrected chi connectivity index (χ4v) is 5.76. The van der Waals surface area contributed by atoms with Gasteiger partial charge in [-0.05, 0) is 49.9 Å². The Morgan fingerprint density at radius 3 is 2.10 bits per heavy atom. The second-order valence-electron chi connectivity index (χ2n) is 10.1. The molecule has 0 radical (unpaired) electrons. The molecular weight excluding hydrogens is 390 g/mol. The van der Waals surface area contributed by atoms with Crippen molar-refractivity contribution in [2.75, 3.05) is 13.2 Å². The number of carbonyl (C=O) groups is 1. The first-order chi connectivity index (χ1) is 15.0. The van der Waals surface area contributed by atoms with Crippen LogP contribution in [0.4, 0.5) is 0 Å². The Bertz CT molecular complexity index is 550. The Labute approximate surface area is 189 Å². The summed E-state index contributed by atoms with van der Waals surface area (Å²) in [4.78, 5) is 10.8. The molecule has 178 valence electrons. The van der Waals surface area contributed by atoms with E-state index in [4.69, 9.17) is 19.8 Å². The lowest BCUT2D eigenvalue weighted by Crippen LogP contribution is -2.46. The molecule has 2 aliphatic carbocycles. The molecule has 5 nitrogen and oxygen atoms in total. The smallest absolute Gasteiger partial charge is 0.328 e. The van der Waals surface area contributed by atoms with Gasteiger partial charge in [0.25, 0.3) is 0 Å². The largest absolute Gasteiger partial charge is 0.480 e. The Morgan fingerprint density at radius 2 is 1.58 bits per heavy atom. The molecule has 0 atom stereocenters. The van der Waals surface area contributed by atoms with E-state index in [0.29, 0.717) is 0 Å². The van der Waals surface area contributed by atoms with Crippen LogP contribution in [0.5, 0.6) is 0 Å². The summed E-state index contributed by atoms with van der Waals surface area (Å²) in [5.41, 5.74) is -0.724. The number of rotatable bonds is 8. The SMILES string of the molecule is CCCCCC1(C2CCCCC2)CCCCC1.CCC[C@H]1OC[C@@](C#N)(C(=O)O)CO1. The van der Waals surface area contributed by atoms with Gasteiger partial charge in [0.1, 0.15) is 0 Å². The summed E-state index contributed by atoms with van der Waals surface area (Å²) in [6, 6.07) is 1.73. The molecule has 5 heteroatoms. The molecule has 31 heavy (non-hydrogen) atoms. The summed E-state index contributed by atoms with van der Waals surface area (Å²) < 4.78 is 10.3. The predicted octanol–water partition coefficient (Wildman–Crippen LogP) is 6.85. The molecule has 0 bridgehead atoms. The van der Waals surface area contributed by atoms with E-state index in [1.165, 1.54) is 57.8 Å². The molecule has 1 saturated heterocycles. The fraction of sp³-hybridized carbons (Fsp3) is 0.923. The minimum absolute atomic E-state index is 0.0938. The van der Waals surface area contributed by atoms with Gasteiger partial charge in [-0.2, -0.15) is 5.26 Å². The van der Waals surface area contributed by atoms with Gasteiger partial charge in [0.05, 0.1) is 19.3 Å². The Balaban J connectivity index is 0.000000225. The van der Waals surface area contributed by atoms with Gasteiger partial charge in [-0.1, -0.05) is 78.1 Å². The van der Waals surface area contributed by atoms with E-state index >= 15 is 0 Å². The minimum atomic E-state index is -1.52. The quantitative estimate of drug-likeness (QED) is 0.422. The molecule has 3 aliphatic rings. The second kappa shape index (κ2) is 13.4. The fourth-order valence-electron chi connectivity index (χ4n) is 5.76. The zero-order valence-corrected chi connectivity index (χ0v) is 20.0. The normalized spacial score (nSPS) is 28.7. The summed E-state index contributed by atoms with van der Waals surface area (Å²) in [7, 11) is 0. The van der Waals surface area contributed by atoms with Gasteiger partial charge in [0, 0.05) is 0 Å². The van der Waals surface area contributed by atoms with Gasteiger partial charge in [-0.3, -0.25) is 4.79 Å². The highest BCUT2D eigenvalue weighted by molar-refractivity contribution is 5.78. The maximum Gasteiger partial charge on any atom is 0.328 e. The van der Waals surface area contributed by atoms with Crippen molar-refractivity contribution in [2.45, 2.75) is 123 Å². The van der Waals surface area contributed by atoms with Crippen molar-refractivity contribution in [3.8, 4) is 6.07 Å². The van der Waals surface area contributed by atoms with Crippen molar-refractivity contribution in [3.63, 3.8) is 0 Å². The van der Waals surface area contributed by atoms with Crippen LogP contribution < -0.4 is 0 Å². The van der Waals surface area contributed by atoms with E-state index < -0.39 is 11.4 Å². The van der Waals surface area contributed by atoms with Crippen molar-refractivity contribution in [3.05, 3.63) is 0 Å². The molecule has 0 amide bonds. The van der Waals surface area contributed by atoms with Crippen molar-refractivity contribution < 1.29 is 19.4 Å². The number of aliphatic carboxylic acids is 1. The van der Waals surface area contributed by atoms with Gasteiger partial charge in [-0.15, -0.1) is 0 Å². The lowest BCUT2D eigenvalue weighted by molar-refractivity contribution is -0.223. The van der Waals surface area contributed by atoms with Gasteiger partial charge in [-0.25, -0.2) is 0 Å². The van der Waals surface area contributed by atoms with Gasteiger partial charge < -0.3 is 14.6 Å². The van der Waals surface area contributed by atoms with Crippen molar-refractivity contribution in [1.82, 2.24) is 0 Å². The first-order valence-electron chi connectivity index (χ1n) is 12.9. The number of nitriles is 1. The summed E-state index contributed by atoms with van der Waals surface area (Å²) >= 11 is 0. The molecule has 1 aliphatic heterocycles. The zero-order valence-electron chi connectivity index (χ0n) is 20.0. The molecule has 3 rings (SSSR count). The average Bonchev–Trinajstić information content (AvgIpc) is 2.82. The molecular formula is C26H45NO4. The maximum atomic E-state index is 10.8. The summed E-state index contributed by atoms with van der Waals surface area (Å²) in [6.07, 6.45) is 22.6. The summed E-state index contributed by atoms with van der Waals surface area (Å²) in [5.74, 6) is -0.0802. The topological polar surface area (TPSA) is 79.5 Å². The molecule has 0 aromatic heterocycles. The molecule has 0 aromatic carbocycles. The number of unbranched alkanes of at least 4 members (excludes halogenated alkanes) is 2. The number of carboxylic acids is 1. The highest BCUT2D eigenvalue weighted by Gasteiger charge is 2.44. The lowest BCUT2D eigenvalue weighted by Gasteiger charge is -2.46. The highest BCUT2D eigenvalue weighted by Crippen LogP contribution is 2.51. The summed E-state index contributed by atoms with van der Waals surface area (Å²) in [5, 5.41) is 17.6. The highest BCUT2D eigenvalue weighted by atomic mass is 16.7. The van der Waals surface area contributed by atoms with Gasteiger partial charge in [0.2, 0.25) is 5.41 Å². The van der Waals surface area contributed by atoms with E-state index in [2.05, 4.69) is 6.92 Å². The third-order valence-electron chi connectivity index (χ3n) is 7.78. The van der Waals surface area contributed by atoms with E-state index in [0.717, 1.165) is 24.2 Å². The van der Waals surface area contributed by atoms with Crippen LogP contribution in [0.3, 0.4) is 0 Å². The minimum Gasteiger partial charge on any atom is -0.480 e. The zero-order chi connectivity index (χ0) is 22.6. The van der Waals surface area contributed by atoms with E-state index in [9.17, 15) is 4.79 Å². The Hall–Kier alpha value is -1.12. The van der Waals surface area contributed by atoms with Crippen LogP contribution in [-0.4, -0.2) is 30.6 Å². The number of nitrogens with zero attached hydrogens (tertiary/aromatic N) is 1. The van der Waals surface area contributed by atoms with E-state index in [-0.39, 0.29) is 19.5 Å². The molecule has 0 unspecified atom stereocenters. The Kier molecular flexibility index (Phi) is 11.3. The van der Waals surface area contributed by atoms with Gasteiger partial charge in [0.15, 0.2) is 6.29 Å². The first-order valence-corrected chi connectivity index (χ1v) is 12.9. The van der Waals surface area contributed by atoms with Crippen LogP contribution >= 0.6 is 0 Å². The van der Waals surface area contributed by atoms with Gasteiger partial charge >= 0.3 is 5.97 Å². The van der Waals surface area contributed by atoms with Crippen molar-refractivity contribution in [1.29, 1.82) is 5.26 Å². The number of hydrogen-bond acceptors (Lipinski definition) is 4. The second-order valence-corrected chi connectivity index (χ2v) is 10.1. The van der Waals surface area contributed by atoms with Crippen LogP contribution in [0.15, 0.2) is 0 Å². The average molecular weight is 436 g/mol. The third kappa shape index (κ3) is 7.46. The third-order valence-corrected chi connectivity index (χ3v) is 7.78. The van der Waals surface area contributed by atoms with Crippen LogP contribution in [0, 0.1) is 28.1 Å². The predicted molar refractivity (Wildman–Crippen MR) is 123 cm³/mol. The Morgan fingerprint density at radius 1 is 0.968 bits per heavy atom. The van der Waals surface area contributed by atoms with Crippen molar-refractivity contribution >= 4 is 5.97 Å². The lowest BCUT2D eigenvalue weighted by atomic mass is 9.60.